The molecule has 0 fully saturated rings. The van der Waals surface area contributed by atoms with Gasteiger partial charge in [0.15, 0.2) is 11.5 Å². The third kappa shape index (κ3) is 3.79. The van der Waals surface area contributed by atoms with E-state index in [0.717, 1.165) is 10.9 Å². The zero-order valence-corrected chi connectivity index (χ0v) is 14.7. The Balaban J connectivity index is 1.66. The number of benzene rings is 2. The van der Waals surface area contributed by atoms with Crippen molar-refractivity contribution in [2.45, 2.75) is 6.61 Å². The van der Waals surface area contributed by atoms with Crippen LogP contribution in [0.3, 0.4) is 0 Å². The number of ether oxygens (including phenoxy) is 3. The minimum absolute atomic E-state index is 0.406. The van der Waals surface area contributed by atoms with E-state index in [9.17, 15) is 0 Å². The zero-order chi connectivity index (χ0) is 18.5. The van der Waals surface area contributed by atoms with Gasteiger partial charge in [-0.25, -0.2) is 9.97 Å². The van der Waals surface area contributed by atoms with Crippen molar-refractivity contribution in [3.63, 3.8) is 0 Å². The number of pyridine rings is 1. The molecule has 2 heterocycles. The normalized spacial score (nSPS) is 10.6. The fourth-order valence-corrected chi connectivity index (χ4v) is 2.63. The van der Waals surface area contributed by atoms with Crippen molar-refractivity contribution in [1.29, 1.82) is 0 Å². The van der Waals surface area contributed by atoms with E-state index >= 15 is 0 Å². The van der Waals surface area contributed by atoms with Crippen LogP contribution in [0, 0.1) is 0 Å². The molecule has 0 aliphatic carbocycles. The maximum atomic E-state index is 5.93. The van der Waals surface area contributed by atoms with Gasteiger partial charge in [-0.1, -0.05) is 18.2 Å². The van der Waals surface area contributed by atoms with Crippen molar-refractivity contribution in [3.05, 3.63) is 78.9 Å². The molecule has 0 atom stereocenters. The molecule has 0 spiro atoms. The van der Waals surface area contributed by atoms with E-state index in [1.807, 2.05) is 54.6 Å². The van der Waals surface area contributed by atoms with Crippen LogP contribution in [-0.4, -0.2) is 22.1 Å². The summed E-state index contributed by atoms with van der Waals surface area (Å²) in [6.45, 7) is 0.406. The van der Waals surface area contributed by atoms with Crippen LogP contribution in [0.25, 0.3) is 10.9 Å². The molecule has 0 saturated carbocycles. The van der Waals surface area contributed by atoms with Crippen LogP contribution in [0.15, 0.2) is 73.3 Å². The Morgan fingerprint density at radius 2 is 1.70 bits per heavy atom. The molecule has 4 aromatic rings. The molecule has 0 bridgehead atoms. The van der Waals surface area contributed by atoms with Crippen LogP contribution in [0.1, 0.15) is 5.56 Å². The third-order valence-corrected chi connectivity index (χ3v) is 3.99. The summed E-state index contributed by atoms with van der Waals surface area (Å²) in [5.41, 5.74) is 1.73. The van der Waals surface area contributed by atoms with E-state index in [2.05, 4.69) is 15.0 Å². The molecule has 0 aliphatic heterocycles. The fourth-order valence-electron chi connectivity index (χ4n) is 2.63. The molecule has 2 aromatic heterocycles. The van der Waals surface area contributed by atoms with E-state index in [1.54, 1.807) is 19.5 Å². The number of methoxy groups -OCH3 is 1. The molecule has 6 heteroatoms. The summed E-state index contributed by atoms with van der Waals surface area (Å²) in [6.07, 6.45) is 4.94. The molecule has 0 radical (unpaired) electrons. The zero-order valence-electron chi connectivity index (χ0n) is 14.7. The number of para-hydroxylation sites is 1. The van der Waals surface area contributed by atoms with E-state index in [1.165, 1.54) is 6.33 Å². The average Bonchev–Trinajstić information content (AvgIpc) is 2.73. The molecule has 4 rings (SSSR count). The van der Waals surface area contributed by atoms with Gasteiger partial charge in [-0.2, -0.15) is 0 Å². The first-order valence-electron chi connectivity index (χ1n) is 8.41. The summed E-state index contributed by atoms with van der Waals surface area (Å²) >= 11 is 0. The predicted molar refractivity (Wildman–Crippen MR) is 101 cm³/mol. The monoisotopic (exact) mass is 359 g/mol. The maximum absolute atomic E-state index is 5.93. The number of hydrogen-bond donors (Lipinski definition) is 0. The highest BCUT2D eigenvalue weighted by molar-refractivity contribution is 5.87. The van der Waals surface area contributed by atoms with E-state index in [-0.39, 0.29) is 0 Å². The summed E-state index contributed by atoms with van der Waals surface area (Å²) in [6, 6.07) is 17.0. The topological polar surface area (TPSA) is 66.4 Å². The maximum Gasteiger partial charge on any atom is 0.230 e. The van der Waals surface area contributed by atoms with Crippen molar-refractivity contribution in [2.24, 2.45) is 0 Å². The highest BCUT2D eigenvalue weighted by Crippen LogP contribution is 2.36. The lowest BCUT2D eigenvalue weighted by Crippen LogP contribution is -1.99. The summed E-state index contributed by atoms with van der Waals surface area (Å²) < 4.78 is 17.3. The minimum Gasteiger partial charge on any atom is -0.493 e. The van der Waals surface area contributed by atoms with Gasteiger partial charge in [0.2, 0.25) is 5.88 Å². The molecule has 0 amide bonds. The Hall–Kier alpha value is -3.67. The van der Waals surface area contributed by atoms with Crippen LogP contribution in [0.4, 0.5) is 0 Å². The largest absolute Gasteiger partial charge is 0.493 e. The molecule has 2 aromatic carbocycles. The van der Waals surface area contributed by atoms with E-state index in [0.29, 0.717) is 35.3 Å². The Morgan fingerprint density at radius 1 is 0.889 bits per heavy atom. The van der Waals surface area contributed by atoms with Crippen LogP contribution in [-0.2, 0) is 6.61 Å². The quantitative estimate of drug-likeness (QED) is 0.508. The number of hydrogen-bond acceptors (Lipinski definition) is 6. The van der Waals surface area contributed by atoms with Crippen molar-refractivity contribution in [2.75, 3.05) is 7.11 Å². The summed E-state index contributed by atoms with van der Waals surface area (Å²) in [5, 5.41) is 0.745. The van der Waals surface area contributed by atoms with Crippen molar-refractivity contribution >= 4 is 10.9 Å². The Morgan fingerprint density at radius 3 is 2.48 bits per heavy atom. The lowest BCUT2D eigenvalue weighted by molar-refractivity contribution is 0.285. The van der Waals surface area contributed by atoms with Gasteiger partial charge < -0.3 is 14.2 Å². The average molecular weight is 359 g/mol. The highest BCUT2D eigenvalue weighted by atomic mass is 16.5. The van der Waals surface area contributed by atoms with Gasteiger partial charge in [-0.05, 0) is 35.9 Å². The number of nitrogens with zero attached hydrogens (tertiary/aromatic N) is 3. The van der Waals surface area contributed by atoms with Gasteiger partial charge >= 0.3 is 0 Å². The van der Waals surface area contributed by atoms with Gasteiger partial charge in [-0.15, -0.1) is 0 Å². The van der Waals surface area contributed by atoms with Gasteiger partial charge in [0.25, 0.3) is 0 Å². The molecular formula is C21H17N3O3. The van der Waals surface area contributed by atoms with E-state index < -0.39 is 0 Å². The SMILES string of the molecule is COc1cc2c(Oc3ccccc3)ncnc2cc1OCc1ccncc1. The molecule has 27 heavy (non-hydrogen) atoms. The van der Waals surface area contributed by atoms with Crippen LogP contribution < -0.4 is 14.2 Å². The minimum atomic E-state index is 0.406. The van der Waals surface area contributed by atoms with Gasteiger partial charge in [-0.3, -0.25) is 4.98 Å². The Bertz CT molecular complexity index is 1040. The van der Waals surface area contributed by atoms with Crippen LogP contribution >= 0.6 is 0 Å². The molecule has 6 nitrogen and oxygen atoms in total. The molecule has 0 N–H and O–H groups in total. The second-order valence-corrected chi connectivity index (χ2v) is 5.76. The molecule has 0 saturated heterocycles. The van der Waals surface area contributed by atoms with Crippen molar-refractivity contribution in [1.82, 2.24) is 15.0 Å². The summed E-state index contributed by atoms with van der Waals surface area (Å²) in [4.78, 5) is 12.6. The first kappa shape index (κ1) is 16.8. The van der Waals surface area contributed by atoms with Gasteiger partial charge in [0.05, 0.1) is 18.0 Å². The number of fused-ring (bicyclic) bond motifs is 1. The summed E-state index contributed by atoms with van der Waals surface area (Å²) in [7, 11) is 1.60. The van der Waals surface area contributed by atoms with E-state index in [4.69, 9.17) is 14.2 Å². The molecule has 0 unspecified atom stereocenters. The molecule has 0 aliphatic rings. The number of aromatic nitrogens is 3. The predicted octanol–water partition coefficient (Wildman–Crippen LogP) is 4.40. The second-order valence-electron chi connectivity index (χ2n) is 5.76. The molecular weight excluding hydrogens is 342 g/mol. The van der Waals surface area contributed by atoms with Gasteiger partial charge in [0, 0.05) is 18.5 Å². The van der Waals surface area contributed by atoms with Crippen LogP contribution in [0.2, 0.25) is 0 Å². The first-order chi connectivity index (χ1) is 13.3. The fraction of sp³-hybridized carbons (Fsp3) is 0.0952. The smallest absolute Gasteiger partial charge is 0.230 e. The van der Waals surface area contributed by atoms with Crippen molar-refractivity contribution < 1.29 is 14.2 Å². The lowest BCUT2D eigenvalue weighted by Gasteiger charge is -2.13. The number of rotatable bonds is 6. The second kappa shape index (κ2) is 7.70. The third-order valence-electron chi connectivity index (χ3n) is 3.99. The first-order valence-corrected chi connectivity index (χ1v) is 8.41. The van der Waals surface area contributed by atoms with Crippen LogP contribution in [0.5, 0.6) is 23.1 Å². The standard InChI is InChI=1S/C21H17N3O3/c1-25-19-11-17-18(12-20(19)26-13-15-7-9-22-10-8-15)23-14-24-21(17)27-16-5-3-2-4-6-16/h2-12,14H,13H2,1H3. The Labute approximate surface area is 156 Å². The summed E-state index contributed by atoms with van der Waals surface area (Å²) in [5.74, 6) is 2.36. The van der Waals surface area contributed by atoms with Crippen molar-refractivity contribution in [3.8, 4) is 23.1 Å². The Kier molecular flexibility index (Phi) is 4.78. The lowest BCUT2D eigenvalue weighted by atomic mass is 10.2. The molecule has 134 valence electrons. The highest BCUT2D eigenvalue weighted by Gasteiger charge is 2.13. The van der Waals surface area contributed by atoms with Gasteiger partial charge in [0.1, 0.15) is 18.7 Å².